The molecule has 8 heteroatoms. The van der Waals surface area contributed by atoms with Crippen LogP contribution in [-0.2, 0) is 4.74 Å². The quantitative estimate of drug-likeness (QED) is 0.432. The van der Waals surface area contributed by atoms with E-state index in [1.54, 1.807) is 13.2 Å². The lowest BCUT2D eigenvalue weighted by molar-refractivity contribution is 0.191. The SMILES string of the molecule is COCCN[C@H]1CC[C@H](Nc2cc(-c3cccc(NCC4(N)CC4)n3)c(F)cn2)CC1. The molecule has 4 rings (SSSR count). The summed E-state index contributed by atoms with van der Waals surface area (Å²) >= 11 is 0. The Morgan fingerprint density at radius 1 is 1.16 bits per heavy atom. The van der Waals surface area contributed by atoms with E-state index in [4.69, 9.17) is 10.5 Å². The molecule has 2 heterocycles. The molecule has 0 unspecified atom stereocenters. The van der Waals surface area contributed by atoms with Crippen LogP contribution in [0.1, 0.15) is 38.5 Å². The van der Waals surface area contributed by atoms with E-state index in [0.717, 1.165) is 51.7 Å². The second kappa shape index (κ2) is 9.89. The van der Waals surface area contributed by atoms with Crippen molar-refractivity contribution in [3.8, 4) is 11.3 Å². The van der Waals surface area contributed by atoms with Gasteiger partial charge in [-0.2, -0.15) is 0 Å². The standard InChI is InChI=1S/C23H33FN6O/c1-31-12-11-26-16-5-7-17(8-6-16)29-22-13-18(19(24)14-27-22)20-3-2-4-21(30-20)28-15-23(25)9-10-23/h2-4,13-14,16-17,26H,5-12,15,25H2,1H3,(H,27,29)(H,28,30)/t16-,17-. The van der Waals surface area contributed by atoms with E-state index in [0.29, 0.717) is 41.5 Å². The van der Waals surface area contributed by atoms with Crippen LogP contribution >= 0.6 is 0 Å². The maximum absolute atomic E-state index is 14.6. The number of halogens is 1. The molecule has 0 aliphatic heterocycles. The lowest BCUT2D eigenvalue weighted by Gasteiger charge is -2.30. The topological polar surface area (TPSA) is 97.1 Å². The van der Waals surface area contributed by atoms with Crippen molar-refractivity contribution in [2.75, 3.05) is 37.4 Å². The molecule has 2 aliphatic carbocycles. The molecule has 2 aromatic heterocycles. The molecule has 2 aliphatic rings. The average Bonchev–Trinajstić information content (AvgIpc) is 3.53. The van der Waals surface area contributed by atoms with Gasteiger partial charge in [0.05, 0.1) is 18.5 Å². The van der Waals surface area contributed by atoms with E-state index in [1.807, 2.05) is 18.2 Å². The summed E-state index contributed by atoms with van der Waals surface area (Å²) in [6, 6.07) is 8.22. The van der Waals surface area contributed by atoms with Gasteiger partial charge < -0.3 is 26.4 Å². The molecule has 2 aromatic rings. The summed E-state index contributed by atoms with van der Waals surface area (Å²) < 4.78 is 19.7. The molecule has 0 spiro atoms. The monoisotopic (exact) mass is 428 g/mol. The summed E-state index contributed by atoms with van der Waals surface area (Å²) in [6.07, 6.45) is 7.64. The number of nitrogens with one attached hydrogen (secondary N) is 3. The summed E-state index contributed by atoms with van der Waals surface area (Å²) in [4.78, 5) is 8.85. The highest BCUT2D eigenvalue weighted by molar-refractivity contribution is 5.65. The van der Waals surface area contributed by atoms with E-state index in [-0.39, 0.29) is 11.4 Å². The van der Waals surface area contributed by atoms with Crippen LogP contribution in [0.5, 0.6) is 0 Å². The Bertz CT molecular complexity index is 867. The number of hydrogen-bond donors (Lipinski definition) is 4. The fourth-order valence-corrected chi connectivity index (χ4v) is 4.02. The van der Waals surface area contributed by atoms with Crippen LogP contribution in [0.4, 0.5) is 16.0 Å². The lowest BCUT2D eigenvalue weighted by Crippen LogP contribution is -2.38. The lowest BCUT2D eigenvalue weighted by atomic mass is 9.91. The number of nitrogens with two attached hydrogens (primary N) is 1. The Morgan fingerprint density at radius 3 is 2.68 bits per heavy atom. The van der Waals surface area contributed by atoms with Crippen molar-refractivity contribution < 1.29 is 9.13 Å². The molecule has 2 saturated carbocycles. The van der Waals surface area contributed by atoms with Gasteiger partial charge in [0.1, 0.15) is 11.6 Å². The van der Waals surface area contributed by atoms with Gasteiger partial charge in [0.2, 0.25) is 0 Å². The van der Waals surface area contributed by atoms with Crippen LogP contribution in [0.2, 0.25) is 0 Å². The van der Waals surface area contributed by atoms with Gasteiger partial charge in [-0.3, -0.25) is 0 Å². The Balaban J connectivity index is 1.36. The molecule has 7 nitrogen and oxygen atoms in total. The Hall–Kier alpha value is -2.29. The van der Waals surface area contributed by atoms with Gasteiger partial charge in [0.15, 0.2) is 5.82 Å². The third-order valence-corrected chi connectivity index (χ3v) is 6.21. The van der Waals surface area contributed by atoms with Crippen molar-refractivity contribution >= 4 is 11.6 Å². The van der Waals surface area contributed by atoms with Crippen LogP contribution in [0.25, 0.3) is 11.3 Å². The van der Waals surface area contributed by atoms with Crippen molar-refractivity contribution in [2.24, 2.45) is 5.73 Å². The summed E-state index contributed by atoms with van der Waals surface area (Å²) in [5, 5.41) is 10.3. The number of hydrogen-bond acceptors (Lipinski definition) is 7. The minimum absolute atomic E-state index is 0.116. The molecule has 0 radical (unpaired) electrons. The Morgan fingerprint density at radius 2 is 1.94 bits per heavy atom. The molecular weight excluding hydrogens is 395 g/mol. The highest BCUT2D eigenvalue weighted by atomic mass is 19.1. The minimum atomic E-state index is -0.376. The van der Waals surface area contributed by atoms with Crippen LogP contribution in [-0.4, -0.2) is 54.4 Å². The summed E-state index contributed by atoms with van der Waals surface area (Å²) in [5.74, 6) is 1.02. The van der Waals surface area contributed by atoms with Crippen molar-refractivity contribution in [2.45, 2.75) is 56.1 Å². The van der Waals surface area contributed by atoms with Gasteiger partial charge in [0.25, 0.3) is 0 Å². The van der Waals surface area contributed by atoms with Crippen LogP contribution in [0, 0.1) is 5.82 Å². The Labute approximate surface area is 183 Å². The first-order valence-corrected chi connectivity index (χ1v) is 11.2. The number of anilines is 2. The van der Waals surface area contributed by atoms with E-state index < -0.39 is 0 Å². The maximum atomic E-state index is 14.6. The van der Waals surface area contributed by atoms with Gasteiger partial charge in [-0.15, -0.1) is 0 Å². The minimum Gasteiger partial charge on any atom is -0.383 e. The molecule has 0 saturated heterocycles. The number of rotatable bonds is 10. The van der Waals surface area contributed by atoms with Crippen LogP contribution in [0.3, 0.4) is 0 Å². The van der Waals surface area contributed by atoms with Crippen molar-refractivity contribution in [3.63, 3.8) is 0 Å². The number of pyridine rings is 2. The summed E-state index contributed by atoms with van der Waals surface area (Å²) in [6.45, 7) is 2.30. The first-order chi connectivity index (χ1) is 15.0. The largest absolute Gasteiger partial charge is 0.383 e. The summed E-state index contributed by atoms with van der Waals surface area (Å²) in [5.41, 5.74) is 7.06. The zero-order chi connectivity index (χ0) is 21.7. The van der Waals surface area contributed by atoms with Gasteiger partial charge >= 0.3 is 0 Å². The molecule has 0 amide bonds. The number of nitrogens with zero attached hydrogens (tertiary/aromatic N) is 2. The summed E-state index contributed by atoms with van der Waals surface area (Å²) in [7, 11) is 1.72. The molecule has 0 bridgehead atoms. The highest BCUT2D eigenvalue weighted by Crippen LogP contribution is 2.32. The third kappa shape index (κ3) is 6.12. The molecule has 2 fully saturated rings. The second-order valence-corrected chi connectivity index (χ2v) is 8.81. The van der Waals surface area contributed by atoms with Crippen LogP contribution in [0.15, 0.2) is 30.5 Å². The zero-order valence-corrected chi connectivity index (χ0v) is 18.2. The fraction of sp³-hybridized carbons (Fsp3) is 0.565. The molecule has 31 heavy (non-hydrogen) atoms. The van der Waals surface area contributed by atoms with Crippen molar-refractivity contribution in [1.29, 1.82) is 0 Å². The smallest absolute Gasteiger partial charge is 0.151 e. The van der Waals surface area contributed by atoms with Crippen LogP contribution < -0.4 is 21.7 Å². The van der Waals surface area contributed by atoms with E-state index in [9.17, 15) is 4.39 Å². The first kappa shape index (κ1) is 21.9. The average molecular weight is 429 g/mol. The Kier molecular flexibility index (Phi) is 6.99. The van der Waals surface area contributed by atoms with Crippen molar-refractivity contribution in [1.82, 2.24) is 15.3 Å². The van der Waals surface area contributed by atoms with Crippen molar-refractivity contribution in [3.05, 3.63) is 36.3 Å². The van der Waals surface area contributed by atoms with Gasteiger partial charge in [-0.25, -0.2) is 14.4 Å². The van der Waals surface area contributed by atoms with Gasteiger partial charge in [0, 0.05) is 43.4 Å². The predicted octanol–water partition coefficient (Wildman–Crippen LogP) is 3.15. The van der Waals surface area contributed by atoms with E-state index in [2.05, 4.69) is 25.9 Å². The molecular formula is C23H33FN6O. The second-order valence-electron chi connectivity index (χ2n) is 8.81. The van der Waals surface area contributed by atoms with Gasteiger partial charge in [-0.05, 0) is 56.7 Å². The predicted molar refractivity (Wildman–Crippen MR) is 122 cm³/mol. The number of aromatic nitrogens is 2. The maximum Gasteiger partial charge on any atom is 0.151 e. The fourth-order valence-electron chi connectivity index (χ4n) is 4.02. The van der Waals surface area contributed by atoms with E-state index in [1.165, 1.54) is 6.20 Å². The molecule has 0 aromatic carbocycles. The van der Waals surface area contributed by atoms with E-state index >= 15 is 0 Å². The molecule has 168 valence electrons. The molecule has 5 N–H and O–H groups in total. The van der Waals surface area contributed by atoms with Gasteiger partial charge in [-0.1, -0.05) is 6.07 Å². The zero-order valence-electron chi connectivity index (χ0n) is 18.2. The number of ether oxygens (including phenoxy) is 1. The molecule has 0 atom stereocenters. The number of methoxy groups -OCH3 is 1. The normalized spacial score (nSPS) is 22.2. The first-order valence-electron chi connectivity index (χ1n) is 11.2. The highest BCUT2D eigenvalue weighted by Gasteiger charge is 2.37. The third-order valence-electron chi connectivity index (χ3n) is 6.21.